The molecule has 0 aliphatic carbocycles. The van der Waals surface area contributed by atoms with Crippen molar-refractivity contribution < 1.29 is 18.3 Å². The lowest BCUT2D eigenvalue weighted by Gasteiger charge is -2.34. The number of aliphatic hydroxyl groups is 1. The van der Waals surface area contributed by atoms with Crippen LogP contribution < -0.4 is 0 Å². The second-order valence-corrected chi connectivity index (χ2v) is 4.92. The number of benzene rings is 1. The van der Waals surface area contributed by atoms with Crippen LogP contribution >= 0.6 is 0 Å². The molecule has 0 amide bonds. The second-order valence-electron chi connectivity index (χ2n) is 4.92. The molecule has 0 heterocycles. The Bertz CT molecular complexity index is 380. The summed E-state index contributed by atoms with van der Waals surface area (Å²) in [5.41, 5.74) is 0.655. The smallest absolute Gasteiger partial charge is 0.387 e. The predicted octanol–water partition coefficient (Wildman–Crippen LogP) is 3.77. The molecule has 114 valence electrons. The van der Waals surface area contributed by atoms with Crippen molar-refractivity contribution in [1.82, 2.24) is 4.90 Å². The molecule has 1 rings (SSSR count). The van der Waals surface area contributed by atoms with Crippen molar-refractivity contribution in [2.24, 2.45) is 0 Å². The Balaban J connectivity index is 2.89. The average Bonchev–Trinajstić information content (AvgIpc) is 2.39. The Labute approximate surface area is 118 Å². The highest BCUT2D eigenvalue weighted by molar-refractivity contribution is 5.18. The minimum absolute atomic E-state index is 0.321. The van der Waals surface area contributed by atoms with E-state index in [1.54, 1.807) is 31.2 Å². The van der Waals surface area contributed by atoms with Gasteiger partial charge in [0.05, 0.1) is 12.6 Å². The van der Waals surface area contributed by atoms with Gasteiger partial charge >= 0.3 is 6.18 Å². The fourth-order valence-corrected chi connectivity index (χ4v) is 2.43. The molecule has 0 aliphatic rings. The van der Waals surface area contributed by atoms with Crippen LogP contribution in [0.15, 0.2) is 30.3 Å². The number of halogens is 3. The van der Waals surface area contributed by atoms with Gasteiger partial charge in [0.15, 0.2) is 0 Å². The summed E-state index contributed by atoms with van der Waals surface area (Å²) in [6.07, 6.45) is -4.07. The van der Waals surface area contributed by atoms with Crippen LogP contribution in [-0.2, 0) is 0 Å². The highest BCUT2D eigenvalue weighted by Gasteiger charge is 2.35. The quantitative estimate of drug-likeness (QED) is 0.826. The molecule has 2 unspecified atom stereocenters. The molecule has 0 bridgehead atoms. The zero-order chi connectivity index (χ0) is 15.2. The lowest BCUT2D eigenvalue weighted by molar-refractivity contribution is -0.156. The highest BCUT2D eigenvalue weighted by atomic mass is 19.4. The van der Waals surface area contributed by atoms with Gasteiger partial charge in [0.25, 0.3) is 0 Å². The van der Waals surface area contributed by atoms with E-state index in [1.807, 2.05) is 13.0 Å². The Hall–Kier alpha value is -1.07. The molecule has 5 heteroatoms. The second kappa shape index (κ2) is 7.64. The summed E-state index contributed by atoms with van der Waals surface area (Å²) in [7, 11) is 0. The van der Waals surface area contributed by atoms with Gasteiger partial charge < -0.3 is 5.11 Å². The van der Waals surface area contributed by atoms with E-state index < -0.39 is 24.9 Å². The molecule has 2 nitrogen and oxygen atoms in total. The molecular weight excluding hydrogens is 267 g/mol. The number of hydrogen-bond acceptors (Lipinski definition) is 2. The summed E-state index contributed by atoms with van der Waals surface area (Å²) in [6, 6.07) is 8.32. The number of aliphatic hydroxyl groups excluding tert-OH is 1. The Morgan fingerprint density at radius 1 is 1.15 bits per heavy atom. The van der Waals surface area contributed by atoms with Crippen LogP contribution in [0.25, 0.3) is 0 Å². The third-order valence-corrected chi connectivity index (χ3v) is 3.29. The first-order valence-corrected chi connectivity index (χ1v) is 6.92. The maximum Gasteiger partial charge on any atom is 0.401 e. The number of rotatable bonds is 7. The van der Waals surface area contributed by atoms with E-state index in [4.69, 9.17) is 0 Å². The van der Waals surface area contributed by atoms with Crippen LogP contribution in [0.3, 0.4) is 0 Å². The molecule has 0 fully saturated rings. The SMILES string of the molecule is CCCN(CC(F)(F)F)C(CC)C(O)c1ccccc1. The molecule has 0 saturated carbocycles. The maximum absolute atomic E-state index is 12.7. The van der Waals surface area contributed by atoms with Gasteiger partial charge in [-0.2, -0.15) is 13.2 Å². The molecule has 0 aromatic heterocycles. The van der Waals surface area contributed by atoms with Crippen LogP contribution in [0, 0.1) is 0 Å². The monoisotopic (exact) mass is 289 g/mol. The minimum Gasteiger partial charge on any atom is -0.387 e. The van der Waals surface area contributed by atoms with Gasteiger partial charge in [-0.1, -0.05) is 44.2 Å². The number of hydrogen-bond donors (Lipinski definition) is 1. The molecule has 20 heavy (non-hydrogen) atoms. The van der Waals surface area contributed by atoms with Crippen molar-refractivity contribution in [2.75, 3.05) is 13.1 Å². The Morgan fingerprint density at radius 2 is 1.75 bits per heavy atom. The minimum atomic E-state index is -4.25. The molecule has 1 aromatic carbocycles. The van der Waals surface area contributed by atoms with E-state index in [0.29, 0.717) is 24.9 Å². The van der Waals surface area contributed by atoms with E-state index in [-0.39, 0.29) is 0 Å². The van der Waals surface area contributed by atoms with E-state index in [2.05, 4.69) is 0 Å². The predicted molar refractivity (Wildman–Crippen MR) is 73.4 cm³/mol. The Morgan fingerprint density at radius 3 is 2.20 bits per heavy atom. The van der Waals surface area contributed by atoms with Gasteiger partial charge in [-0.3, -0.25) is 4.90 Å². The molecular formula is C15H22F3NO. The highest BCUT2D eigenvalue weighted by Crippen LogP contribution is 2.27. The summed E-state index contributed by atoms with van der Waals surface area (Å²) in [5, 5.41) is 10.4. The van der Waals surface area contributed by atoms with Crippen LogP contribution in [0.2, 0.25) is 0 Å². The summed E-state index contributed by atoms with van der Waals surface area (Å²) >= 11 is 0. The summed E-state index contributed by atoms with van der Waals surface area (Å²) in [6.45, 7) is 2.98. The lowest BCUT2D eigenvalue weighted by Crippen LogP contribution is -2.45. The fourth-order valence-electron chi connectivity index (χ4n) is 2.43. The lowest BCUT2D eigenvalue weighted by atomic mass is 9.98. The van der Waals surface area contributed by atoms with Gasteiger partial charge in [0, 0.05) is 6.04 Å². The average molecular weight is 289 g/mol. The van der Waals surface area contributed by atoms with Crippen LogP contribution in [0.1, 0.15) is 38.4 Å². The number of nitrogens with zero attached hydrogens (tertiary/aromatic N) is 1. The standard InChI is InChI=1S/C15H22F3NO/c1-3-10-19(11-15(16,17)18)13(4-2)14(20)12-8-6-5-7-9-12/h5-9,13-14,20H,3-4,10-11H2,1-2H3. The van der Waals surface area contributed by atoms with Crippen molar-refractivity contribution in [3.05, 3.63) is 35.9 Å². The van der Waals surface area contributed by atoms with Crippen molar-refractivity contribution >= 4 is 0 Å². The van der Waals surface area contributed by atoms with Gasteiger partial charge in [-0.05, 0) is 24.9 Å². The first-order valence-electron chi connectivity index (χ1n) is 6.92. The summed E-state index contributed by atoms with van der Waals surface area (Å²) < 4.78 is 38.0. The van der Waals surface area contributed by atoms with Gasteiger partial charge in [-0.25, -0.2) is 0 Å². The van der Waals surface area contributed by atoms with E-state index >= 15 is 0 Å². The van der Waals surface area contributed by atoms with Crippen LogP contribution in [0.4, 0.5) is 13.2 Å². The summed E-state index contributed by atoms with van der Waals surface area (Å²) in [5.74, 6) is 0. The van der Waals surface area contributed by atoms with Crippen molar-refractivity contribution in [1.29, 1.82) is 0 Å². The molecule has 1 N–H and O–H groups in total. The van der Waals surface area contributed by atoms with Crippen LogP contribution in [0.5, 0.6) is 0 Å². The van der Waals surface area contributed by atoms with Crippen molar-refractivity contribution in [3.8, 4) is 0 Å². The van der Waals surface area contributed by atoms with Gasteiger partial charge in [-0.15, -0.1) is 0 Å². The molecule has 0 spiro atoms. The zero-order valence-corrected chi connectivity index (χ0v) is 11.9. The largest absolute Gasteiger partial charge is 0.401 e. The Kier molecular flexibility index (Phi) is 6.49. The first kappa shape index (κ1) is 17.0. The molecule has 0 saturated heterocycles. The maximum atomic E-state index is 12.7. The van der Waals surface area contributed by atoms with E-state index in [9.17, 15) is 18.3 Å². The topological polar surface area (TPSA) is 23.5 Å². The summed E-state index contributed by atoms with van der Waals surface area (Å²) in [4.78, 5) is 1.33. The van der Waals surface area contributed by atoms with Gasteiger partial charge in [0.1, 0.15) is 0 Å². The van der Waals surface area contributed by atoms with Crippen molar-refractivity contribution in [3.63, 3.8) is 0 Å². The van der Waals surface area contributed by atoms with Gasteiger partial charge in [0.2, 0.25) is 0 Å². The number of alkyl halides is 3. The third-order valence-electron chi connectivity index (χ3n) is 3.29. The zero-order valence-electron chi connectivity index (χ0n) is 11.9. The first-order chi connectivity index (χ1) is 9.39. The van der Waals surface area contributed by atoms with Crippen LogP contribution in [-0.4, -0.2) is 35.3 Å². The third kappa shape index (κ3) is 5.13. The molecule has 0 aliphatic heterocycles. The molecule has 0 radical (unpaired) electrons. The van der Waals surface area contributed by atoms with E-state index in [1.165, 1.54) is 4.90 Å². The van der Waals surface area contributed by atoms with Crippen molar-refractivity contribution in [2.45, 2.75) is 45.0 Å². The van der Waals surface area contributed by atoms with E-state index in [0.717, 1.165) is 0 Å². The molecule has 2 atom stereocenters. The molecule has 1 aromatic rings. The normalized spacial score (nSPS) is 15.3. The fraction of sp³-hybridized carbons (Fsp3) is 0.600.